The lowest BCUT2D eigenvalue weighted by Crippen LogP contribution is -2.31. The summed E-state index contributed by atoms with van der Waals surface area (Å²) < 4.78 is -0.234. The van der Waals surface area contributed by atoms with Crippen LogP contribution >= 0.6 is 22.6 Å². The Balaban J connectivity index is 3.63. The SMILES string of the molecule is N[C@@H](CC(=O)I)C(=O)O. The van der Waals surface area contributed by atoms with E-state index in [1.807, 2.05) is 0 Å². The maximum Gasteiger partial charge on any atom is 0.320 e. The van der Waals surface area contributed by atoms with Crippen LogP contribution in [0.4, 0.5) is 0 Å². The number of rotatable bonds is 3. The van der Waals surface area contributed by atoms with Crippen molar-refractivity contribution in [2.45, 2.75) is 12.5 Å². The van der Waals surface area contributed by atoms with Gasteiger partial charge in [-0.25, -0.2) is 0 Å². The smallest absolute Gasteiger partial charge is 0.320 e. The highest BCUT2D eigenvalue weighted by atomic mass is 127. The molecule has 0 aromatic carbocycles. The molecular weight excluding hydrogens is 237 g/mol. The zero-order valence-electron chi connectivity index (χ0n) is 4.50. The summed E-state index contributed by atoms with van der Waals surface area (Å²) in [6, 6.07) is -1.05. The molecule has 0 unspecified atom stereocenters. The van der Waals surface area contributed by atoms with Gasteiger partial charge in [0, 0.05) is 6.42 Å². The minimum Gasteiger partial charge on any atom is -0.480 e. The minimum absolute atomic E-state index is 0.101. The molecule has 0 aliphatic carbocycles. The van der Waals surface area contributed by atoms with Gasteiger partial charge in [0.1, 0.15) is 6.04 Å². The summed E-state index contributed by atoms with van der Waals surface area (Å²) in [5, 5.41) is 8.15. The number of carboxylic acids is 1. The molecule has 0 amide bonds. The van der Waals surface area contributed by atoms with Gasteiger partial charge in [-0.15, -0.1) is 0 Å². The second kappa shape index (κ2) is 3.78. The van der Waals surface area contributed by atoms with E-state index < -0.39 is 12.0 Å². The van der Waals surface area contributed by atoms with Crippen LogP contribution in [-0.4, -0.2) is 20.9 Å². The molecule has 0 aliphatic heterocycles. The molecule has 5 heteroatoms. The van der Waals surface area contributed by atoms with Crippen LogP contribution in [0.2, 0.25) is 0 Å². The van der Waals surface area contributed by atoms with E-state index >= 15 is 0 Å². The fraction of sp³-hybridized carbons (Fsp3) is 0.500. The van der Waals surface area contributed by atoms with Gasteiger partial charge in [-0.3, -0.25) is 9.59 Å². The molecule has 52 valence electrons. The first kappa shape index (κ1) is 8.83. The van der Waals surface area contributed by atoms with E-state index in [9.17, 15) is 9.59 Å². The Bertz CT molecular complexity index is 136. The van der Waals surface area contributed by atoms with Crippen molar-refractivity contribution in [1.82, 2.24) is 0 Å². The number of carboxylic acid groups (broad SMARTS) is 1. The third kappa shape index (κ3) is 4.34. The van der Waals surface area contributed by atoms with E-state index in [-0.39, 0.29) is 10.2 Å². The molecule has 0 radical (unpaired) electrons. The Morgan fingerprint density at radius 3 is 2.22 bits per heavy atom. The maximum absolute atomic E-state index is 10.2. The highest BCUT2D eigenvalue weighted by Gasteiger charge is 2.13. The van der Waals surface area contributed by atoms with E-state index in [1.165, 1.54) is 22.6 Å². The molecule has 9 heavy (non-hydrogen) atoms. The molecule has 0 aromatic heterocycles. The van der Waals surface area contributed by atoms with Gasteiger partial charge in [0.25, 0.3) is 0 Å². The van der Waals surface area contributed by atoms with Crippen LogP contribution in [0.15, 0.2) is 0 Å². The zero-order valence-corrected chi connectivity index (χ0v) is 6.66. The molecule has 0 spiro atoms. The maximum atomic E-state index is 10.2. The van der Waals surface area contributed by atoms with E-state index in [4.69, 9.17) is 10.8 Å². The van der Waals surface area contributed by atoms with Crippen molar-refractivity contribution < 1.29 is 14.7 Å². The van der Waals surface area contributed by atoms with Crippen molar-refractivity contribution in [2.75, 3.05) is 0 Å². The van der Waals surface area contributed by atoms with Gasteiger partial charge in [-0.05, 0) is 22.6 Å². The van der Waals surface area contributed by atoms with Crippen LogP contribution in [0, 0.1) is 0 Å². The second-order valence-electron chi connectivity index (χ2n) is 1.50. The number of aliphatic carboxylic acids is 1. The molecule has 0 saturated heterocycles. The topological polar surface area (TPSA) is 80.4 Å². The first-order valence-electron chi connectivity index (χ1n) is 2.20. The summed E-state index contributed by atoms with van der Waals surface area (Å²) in [7, 11) is 0. The predicted octanol–water partition coefficient (Wildman–Crippen LogP) is -0.250. The summed E-state index contributed by atoms with van der Waals surface area (Å²) in [6.45, 7) is 0. The largest absolute Gasteiger partial charge is 0.480 e. The summed E-state index contributed by atoms with van der Waals surface area (Å²) >= 11 is 1.51. The van der Waals surface area contributed by atoms with Gasteiger partial charge >= 0.3 is 5.97 Å². The molecule has 1 atom stereocenters. The van der Waals surface area contributed by atoms with Crippen molar-refractivity contribution in [2.24, 2.45) is 5.73 Å². The molecule has 0 fully saturated rings. The van der Waals surface area contributed by atoms with Gasteiger partial charge in [0.05, 0.1) is 0 Å². The molecule has 0 aromatic rings. The fourth-order valence-electron chi connectivity index (χ4n) is 0.260. The number of halogens is 1. The van der Waals surface area contributed by atoms with Gasteiger partial charge in [-0.2, -0.15) is 0 Å². The van der Waals surface area contributed by atoms with E-state index in [0.717, 1.165) is 0 Å². The van der Waals surface area contributed by atoms with Crippen LogP contribution in [0.5, 0.6) is 0 Å². The Hall–Kier alpha value is -0.170. The van der Waals surface area contributed by atoms with Crippen molar-refractivity contribution in [3.63, 3.8) is 0 Å². The van der Waals surface area contributed by atoms with Crippen LogP contribution in [0.3, 0.4) is 0 Å². The van der Waals surface area contributed by atoms with E-state index in [1.54, 1.807) is 0 Å². The summed E-state index contributed by atoms with van der Waals surface area (Å²) in [4.78, 5) is 20.2. The third-order valence-electron chi connectivity index (χ3n) is 0.698. The number of nitrogens with two attached hydrogens (primary N) is 1. The average molecular weight is 243 g/mol. The monoisotopic (exact) mass is 243 g/mol. The van der Waals surface area contributed by atoms with Crippen LogP contribution in [-0.2, 0) is 9.59 Å². The third-order valence-corrected chi connectivity index (χ3v) is 1.14. The molecule has 0 rings (SSSR count). The lowest BCUT2D eigenvalue weighted by molar-refractivity contribution is -0.139. The normalized spacial score (nSPS) is 12.7. The number of hydrogen-bond donors (Lipinski definition) is 2. The minimum atomic E-state index is -1.14. The lowest BCUT2D eigenvalue weighted by Gasteiger charge is -1.99. The van der Waals surface area contributed by atoms with Crippen LogP contribution < -0.4 is 5.73 Å². The van der Waals surface area contributed by atoms with Gasteiger partial charge < -0.3 is 10.8 Å². The van der Waals surface area contributed by atoms with E-state index in [0.29, 0.717) is 0 Å². The molecule has 0 heterocycles. The van der Waals surface area contributed by atoms with E-state index in [2.05, 4.69) is 0 Å². The average Bonchev–Trinajstić information content (AvgIpc) is 1.63. The Labute approximate surface area is 65.6 Å². The van der Waals surface area contributed by atoms with Gasteiger partial charge in [0.15, 0.2) is 3.79 Å². The first-order valence-corrected chi connectivity index (χ1v) is 3.28. The second-order valence-corrected chi connectivity index (χ2v) is 2.71. The van der Waals surface area contributed by atoms with Crippen molar-refractivity contribution in [3.05, 3.63) is 0 Å². The number of carbonyl (C=O) groups excluding carboxylic acids is 1. The standard InChI is InChI=1S/C4H6INO3/c5-3(7)1-2(6)4(8)9/h2H,1,6H2,(H,8,9)/t2-/m0/s1. The molecule has 0 bridgehead atoms. The summed E-state index contributed by atoms with van der Waals surface area (Å²) in [5.41, 5.74) is 4.99. The predicted molar refractivity (Wildman–Crippen MR) is 39.3 cm³/mol. The Morgan fingerprint density at radius 1 is 1.67 bits per heavy atom. The summed E-state index contributed by atoms with van der Waals surface area (Å²) in [6.07, 6.45) is -0.101. The molecule has 0 saturated carbocycles. The molecule has 4 nitrogen and oxygen atoms in total. The Morgan fingerprint density at radius 2 is 2.11 bits per heavy atom. The highest BCUT2D eigenvalue weighted by molar-refractivity contribution is 14.1. The number of hydrogen-bond acceptors (Lipinski definition) is 3. The van der Waals surface area contributed by atoms with Crippen molar-refractivity contribution in [1.29, 1.82) is 0 Å². The number of carbonyl (C=O) groups is 2. The molecule has 0 aliphatic rings. The van der Waals surface area contributed by atoms with Gasteiger partial charge in [-0.1, -0.05) is 0 Å². The quantitative estimate of drug-likeness (QED) is 0.529. The van der Waals surface area contributed by atoms with Gasteiger partial charge in [0.2, 0.25) is 0 Å². The lowest BCUT2D eigenvalue weighted by atomic mass is 10.2. The fourth-order valence-corrected chi connectivity index (χ4v) is 0.735. The van der Waals surface area contributed by atoms with Crippen LogP contribution in [0.25, 0.3) is 0 Å². The van der Waals surface area contributed by atoms with Crippen LogP contribution in [0.1, 0.15) is 6.42 Å². The summed E-state index contributed by atoms with van der Waals surface area (Å²) in [5.74, 6) is -1.14. The Kier molecular flexibility index (Phi) is 3.71. The van der Waals surface area contributed by atoms with Crippen molar-refractivity contribution in [3.8, 4) is 0 Å². The first-order chi connectivity index (χ1) is 4.04. The molecular formula is C4H6INO3. The molecule has 3 N–H and O–H groups in total. The zero-order chi connectivity index (χ0) is 7.44. The van der Waals surface area contributed by atoms with Crippen molar-refractivity contribution >= 4 is 32.4 Å². The highest BCUT2D eigenvalue weighted by Crippen LogP contribution is 1.95.